The lowest BCUT2D eigenvalue weighted by molar-refractivity contribution is 0.103. The van der Waals surface area contributed by atoms with Crippen LogP contribution in [-0.2, 0) is 6.54 Å². The Morgan fingerprint density at radius 2 is 1.81 bits per heavy atom. The molecule has 26 heavy (non-hydrogen) atoms. The van der Waals surface area contributed by atoms with Crippen LogP contribution in [0.4, 0.5) is 5.69 Å². The normalized spacial score (nSPS) is 12.7. The Balaban J connectivity index is 1.45. The fourth-order valence-corrected chi connectivity index (χ4v) is 3.56. The molecular weight excluding hydrogens is 372 g/mol. The Morgan fingerprint density at radius 3 is 2.54 bits per heavy atom. The van der Waals surface area contributed by atoms with Crippen molar-refractivity contribution in [3.8, 4) is 11.5 Å². The van der Waals surface area contributed by atoms with Crippen LogP contribution in [0.25, 0.3) is 0 Å². The number of anilines is 1. The predicted octanol–water partition coefficient (Wildman–Crippen LogP) is 4.41. The molecule has 0 aliphatic carbocycles. The van der Waals surface area contributed by atoms with Crippen molar-refractivity contribution in [3.05, 3.63) is 69.1 Å². The molecule has 0 radical (unpaired) electrons. The van der Waals surface area contributed by atoms with E-state index >= 15 is 0 Å². The molecule has 0 amide bonds. The van der Waals surface area contributed by atoms with Crippen LogP contribution in [0.15, 0.2) is 48.7 Å². The van der Waals surface area contributed by atoms with E-state index in [4.69, 9.17) is 21.1 Å². The summed E-state index contributed by atoms with van der Waals surface area (Å²) in [6, 6.07) is 12.6. The molecular formula is C19H15ClN2O3S. The summed E-state index contributed by atoms with van der Waals surface area (Å²) < 4.78 is 11.6. The highest BCUT2D eigenvalue weighted by molar-refractivity contribution is 7.15. The minimum absolute atomic E-state index is 0.0530. The second-order valence-corrected chi connectivity index (χ2v) is 7.40. The number of thiazole rings is 1. The van der Waals surface area contributed by atoms with E-state index < -0.39 is 0 Å². The zero-order valence-electron chi connectivity index (χ0n) is 13.7. The number of carbonyl (C=O) groups excluding carboxylic acids is 1. The van der Waals surface area contributed by atoms with E-state index in [9.17, 15) is 4.79 Å². The van der Waals surface area contributed by atoms with Crippen LogP contribution in [0.3, 0.4) is 0 Å². The van der Waals surface area contributed by atoms with Gasteiger partial charge in [-0.25, -0.2) is 4.98 Å². The van der Waals surface area contributed by atoms with Gasteiger partial charge in [0.05, 0.1) is 6.54 Å². The van der Waals surface area contributed by atoms with E-state index in [0.717, 1.165) is 10.6 Å². The molecule has 132 valence electrons. The summed E-state index contributed by atoms with van der Waals surface area (Å²) in [6.45, 7) is 1.66. The quantitative estimate of drug-likeness (QED) is 0.658. The van der Waals surface area contributed by atoms with Gasteiger partial charge in [-0.05, 0) is 42.5 Å². The van der Waals surface area contributed by atoms with Crippen molar-refractivity contribution in [2.45, 2.75) is 6.54 Å². The lowest BCUT2D eigenvalue weighted by atomic mass is 10.0. The van der Waals surface area contributed by atoms with E-state index in [0.29, 0.717) is 46.9 Å². The molecule has 1 N–H and O–H groups in total. The molecule has 0 bridgehead atoms. The van der Waals surface area contributed by atoms with Crippen LogP contribution >= 0.6 is 22.9 Å². The molecule has 3 aromatic rings. The van der Waals surface area contributed by atoms with Gasteiger partial charge in [-0.15, -0.1) is 11.3 Å². The fraction of sp³-hybridized carbons (Fsp3) is 0.158. The average molecular weight is 387 g/mol. The SMILES string of the molecule is O=C(c1ccc(NCc2cnc(Cl)s2)cc1)c1ccc2c(c1)OCCO2. The maximum atomic E-state index is 12.7. The number of carbonyl (C=O) groups is 1. The number of rotatable bonds is 5. The second-order valence-electron chi connectivity index (χ2n) is 5.70. The highest BCUT2D eigenvalue weighted by Crippen LogP contribution is 2.31. The van der Waals surface area contributed by atoms with Crippen molar-refractivity contribution in [2.24, 2.45) is 0 Å². The molecule has 2 aromatic carbocycles. The number of fused-ring (bicyclic) bond motifs is 1. The van der Waals surface area contributed by atoms with Crippen molar-refractivity contribution in [1.82, 2.24) is 4.98 Å². The first-order chi connectivity index (χ1) is 12.7. The molecule has 0 spiro atoms. The molecule has 2 heterocycles. The predicted molar refractivity (Wildman–Crippen MR) is 102 cm³/mol. The number of hydrogen-bond donors (Lipinski definition) is 1. The van der Waals surface area contributed by atoms with E-state index in [1.165, 1.54) is 11.3 Å². The van der Waals surface area contributed by atoms with Crippen molar-refractivity contribution in [1.29, 1.82) is 0 Å². The first kappa shape index (κ1) is 16.9. The number of ketones is 1. The number of hydrogen-bond acceptors (Lipinski definition) is 6. The highest BCUT2D eigenvalue weighted by Gasteiger charge is 2.16. The van der Waals surface area contributed by atoms with Crippen LogP contribution < -0.4 is 14.8 Å². The smallest absolute Gasteiger partial charge is 0.193 e. The summed E-state index contributed by atoms with van der Waals surface area (Å²) in [5.41, 5.74) is 2.12. The number of ether oxygens (including phenoxy) is 2. The number of nitrogens with zero attached hydrogens (tertiary/aromatic N) is 1. The van der Waals surface area contributed by atoms with Gasteiger partial charge in [-0.3, -0.25) is 4.79 Å². The third-order valence-corrected chi connectivity index (χ3v) is 5.06. The zero-order valence-corrected chi connectivity index (χ0v) is 15.3. The van der Waals surface area contributed by atoms with Crippen molar-refractivity contribution < 1.29 is 14.3 Å². The third kappa shape index (κ3) is 3.66. The van der Waals surface area contributed by atoms with E-state index in [1.54, 1.807) is 36.5 Å². The molecule has 5 nitrogen and oxygen atoms in total. The van der Waals surface area contributed by atoms with Crippen LogP contribution in [0.1, 0.15) is 20.8 Å². The molecule has 4 rings (SSSR count). The highest BCUT2D eigenvalue weighted by atomic mass is 35.5. The molecule has 7 heteroatoms. The number of aromatic nitrogens is 1. The Kier molecular flexibility index (Phi) is 4.77. The minimum Gasteiger partial charge on any atom is -0.486 e. The molecule has 0 saturated carbocycles. The molecule has 1 aliphatic rings. The molecule has 0 saturated heterocycles. The van der Waals surface area contributed by atoms with Crippen LogP contribution in [0.2, 0.25) is 4.47 Å². The molecule has 1 aromatic heterocycles. The number of nitrogens with one attached hydrogen (secondary N) is 1. The van der Waals surface area contributed by atoms with Crippen molar-refractivity contribution >= 4 is 34.4 Å². The molecule has 0 atom stereocenters. The first-order valence-electron chi connectivity index (χ1n) is 8.07. The van der Waals surface area contributed by atoms with E-state index in [1.807, 2.05) is 12.1 Å². The number of benzene rings is 2. The maximum absolute atomic E-state index is 12.7. The Bertz CT molecular complexity index is 940. The third-order valence-electron chi connectivity index (χ3n) is 3.94. The summed E-state index contributed by atoms with van der Waals surface area (Å²) in [7, 11) is 0. The monoisotopic (exact) mass is 386 g/mol. The van der Waals surface area contributed by atoms with Gasteiger partial charge in [-0.2, -0.15) is 0 Å². The molecule has 1 aliphatic heterocycles. The van der Waals surface area contributed by atoms with E-state index in [-0.39, 0.29) is 5.78 Å². The van der Waals surface area contributed by atoms with Gasteiger partial charge in [0.25, 0.3) is 0 Å². The first-order valence-corrected chi connectivity index (χ1v) is 9.27. The summed E-state index contributed by atoms with van der Waals surface area (Å²) in [4.78, 5) is 17.7. The van der Waals surface area contributed by atoms with Crippen LogP contribution in [0, 0.1) is 0 Å². The minimum atomic E-state index is -0.0530. The van der Waals surface area contributed by atoms with Gasteiger partial charge in [0.1, 0.15) is 13.2 Å². The van der Waals surface area contributed by atoms with Gasteiger partial charge < -0.3 is 14.8 Å². The fourth-order valence-electron chi connectivity index (χ4n) is 2.65. The topological polar surface area (TPSA) is 60.5 Å². The summed E-state index contributed by atoms with van der Waals surface area (Å²) >= 11 is 7.26. The van der Waals surface area contributed by atoms with Crippen molar-refractivity contribution in [3.63, 3.8) is 0 Å². The molecule has 0 fully saturated rings. The number of halogens is 1. The van der Waals surface area contributed by atoms with E-state index in [2.05, 4.69) is 10.3 Å². The maximum Gasteiger partial charge on any atom is 0.193 e. The van der Waals surface area contributed by atoms with Crippen LogP contribution in [-0.4, -0.2) is 24.0 Å². The average Bonchev–Trinajstić information content (AvgIpc) is 3.11. The second kappa shape index (κ2) is 7.35. The largest absolute Gasteiger partial charge is 0.486 e. The van der Waals surface area contributed by atoms with Crippen molar-refractivity contribution in [2.75, 3.05) is 18.5 Å². The van der Waals surface area contributed by atoms with Gasteiger partial charge in [0.15, 0.2) is 21.7 Å². The summed E-state index contributed by atoms with van der Waals surface area (Å²) in [5, 5.41) is 3.29. The van der Waals surface area contributed by atoms with Gasteiger partial charge >= 0.3 is 0 Å². The Hall–Kier alpha value is -2.57. The summed E-state index contributed by atoms with van der Waals surface area (Å²) in [6.07, 6.45) is 1.75. The summed E-state index contributed by atoms with van der Waals surface area (Å²) in [5.74, 6) is 1.24. The standard InChI is InChI=1S/C19H15ClN2O3S/c20-19-22-11-15(26-19)10-21-14-4-1-12(2-5-14)18(23)13-3-6-16-17(9-13)25-8-7-24-16/h1-6,9,11,21H,7-8,10H2. The lowest BCUT2D eigenvalue weighted by Crippen LogP contribution is -2.15. The Morgan fingerprint density at radius 1 is 1.08 bits per heavy atom. The Labute approximate surface area is 159 Å². The molecule has 0 unspecified atom stereocenters. The van der Waals surface area contributed by atoms with Crippen LogP contribution in [0.5, 0.6) is 11.5 Å². The van der Waals surface area contributed by atoms with Gasteiger partial charge in [0, 0.05) is 27.9 Å². The zero-order chi connectivity index (χ0) is 17.9. The van der Waals surface area contributed by atoms with Gasteiger partial charge in [-0.1, -0.05) is 11.6 Å². The lowest BCUT2D eigenvalue weighted by Gasteiger charge is -2.18. The van der Waals surface area contributed by atoms with Gasteiger partial charge in [0.2, 0.25) is 0 Å².